The lowest BCUT2D eigenvalue weighted by Crippen LogP contribution is -2.12. The van der Waals surface area contributed by atoms with Crippen molar-refractivity contribution < 1.29 is 8.42 Å². The van der Waals surface area contributed by atoms with Crippen molar-refractivity contribution in [2.45, 2.75) is 11.3 Å². The first-order chi connectivity index (χ1) is 16.0. The van der Waals surface area contributed by atoms with Crippen LogP contribution in [-0.4, -0.2) is 18.4 Å². The van der Waals surface area contributed by atoms with E-state index >= 15 is 0 Å². The van der Waals surface area contributed by atoms with E-state index in [1.165, 1.54) is 11.9 Å². The summed E-state index contributed by atoms with van der Waals surface area (Å²) in [6.45, 7) is 0. The summed E-state index contributed by atoms with van der Waals surface area (Å²) < 4.78 is 27.9. The Labute approximate surface area is 195 Å². The topological polar surface area (TPSA) is 98.0 Å². The summed E-state index contributed by atoms with van der Waals surface area (Å²) in [4.78, 5) is 10.8. The van der Waals surface area contributed by atoms with Crippen LogP contribution >= 0.6 is 11.3 Å². The van der Waals surface area contributed by atoms with Crippen LogP contribution in [0.5, 0.6) is 0 Å². The van der Waals surface area contributed by atoms with E-state index in [-0.39, 0.29) is 4.90 Å². The summed E-state index contributed by atoms with van der Waals surface area (Å²) in [7, 11) is -3.66. The second kappa shape index (κ2) is 8.65. The molecule has 33 heavy (non-hydrogen) atoms. The molecule has 0 aliphatic carbocycles. The summed E-state index contributed by atoms with van der Waals surface area (Å²) >= 11 is 1.60. The monoisotopic (exact) mass is 472 g/mol. The molecule has 3 aromatic carbocycles. The number of nitrogens with zero attached hydrogens (tertiary/aromatic N) is 2. The molecule has 6 nitrogen and oxygen atoms in total. The summed E-state index contributed by atoms with van der Waals surface area (Å²) in [5.41, 5.74) is 9.82. The maximum absolute atomic E-state index is 12.6. The quantitative estimate of drug-likeness (QED) is 0.348. The van der Waals surface area contributed by atoms with Crippen LogP contribution in [0, 0.1) is 0 Å². The van der Waals surface area contributed by atoms with Gasteiger partial charge in [0.05, 0.1) is 10.3 Å². The van der Waals surface area contributed by atoms with Gasteiger partial charge < -0.3 is 5.73 Å². The molecule has 0 aliphatic heterocycles. The largest absolute Gasteiger partial charge is 0.383 e. The molecule has 0 amide bonds. The summed E-state index contributed by atoms with van der Waals surface area (Å²) in [5, 5.41) is 0.825. The third-order valence-corrected chi connectivity index (χ3v) is 7.77. The van der Waals surface area contributed by atoms with Crippen LogP contribution < -0.4 is 10.5 Å². The lowest BCUT2D eigenvalue weighted by molar-refractivity contribution is 0.601. The summed E-state index contributed by atoms with van der Waals surface area (Å²) in [6.07, 6.45) is 2.21. The van der Waals surface area contributed by atoms with Gasteiger partial charge in [-0.2, -0.15) is 0 Å². The van der Waals surface area contributed by atoms with Gasteiger partial charge in [-0.1, -0.05) is 60.7 Å². The van der Waals surface area contributed by atoms with Crippen molar-refractivity contribution in [1.29, 1.82) is 0 Å². The predicted molar refractivity (Wildman–Crippen MR) is 134 cm³/mol. The first-order valence-electron chi connectivity index (χ1n) is 10.3. The van der Waals surface area contributed by atoms with E-state index in [1.54, 1.807) is 53.8 Å². The van der Waals surface area contributed by atoms with Gasteiger partial charge >= 0.3 is 0 Å². The molecule has 0 bridgehead atoms. The van der Waals surface area contributed by atoms with Gasteiger partial charge in [0, 0.05) is 22.5 Å². The number of thiophene rings is 1. The van der Waals surface area contributed by atoms with Gasteiger partial charge in [-0.05, 0) is 35.4 Å². The standard InChI is InChI=1S/C25H20N4O2S2/c26-24-23-22(21(32-25(23)28-16-27-24)15-17-7-3-1-4-8-17)18-11-13-19(14-12-18)29-33(30,31)20-9-5-2-6-10-20/h1-14,16,29H,15H2,(H2,26,27,28). The maximum Gasteiger partial charge on any atom is 0.261 e. The fraction of sp³-hybridized carbons (Fsp3) is 0.0400. The van der Waals surface area contributed by atoms with Crippen molar-refractivity contribution in [2.24, 2.45) is 0 Å². The molecule has 5 aromatic rings. The van der Waals surface area contributed by atoms with Gasteiger partial charge in [-0.3, -0.25) is 4.72 Å². The Morgan fingerprint density at radius 1 is 0.848 bits per heavy atom. The molecule has 5 rings (SSSR count). The van der Waals surface area contributed by atoms with E-state index in [0.717, 1.165) is 32.6 Å². The number of nitrogens with two attached hydrogens (primary N) is 1. The number of hydrogen-bond acceptors (Lipinski definition) is 6. The molecule has 0 atom stereocenters. The number of nitrogen functional groups attached to an aromatic ring is 1. The minimum Gasteiger partial charge on any atom is -0.383 e. The third-order valence-electron chi connectivity index (χ3n) is 5.28. The van der Waals surface area contributed by atoms with E-state index in [9.17, 15) is 8.42 Å². The lowest BCUT2D eigenvalue weighted by atomic mass is 9.99. The molecule has 2 heterocycles. The second-order valence-electron chi connectivity index (χ2n) is 7.50. The molecule has 0 aliphatic rings. The molecule has 2 aromatic heterocycles. The normalized spacial score (nSPS) is 11.5. The Bertz CT molecular complexity index is 1520. The zero-order valence-corrected chi connectivity index (χ0v) is 19.1. The molecule has 0 saturated carbocycles. The van der Waals surface area contributed by atoms with Crippen LogP contribution in [0.15, 0.2) is 96.2 Å². The minimum absolute atomic E-state index is 0.216. The molecule has 0 saturated heterocycles. The average Bonchev–Trinajstić information content (AvgIpc) is 3.20. The summed E-state index contributed by atoms with van der Waals surface area (Å²) in [6, 6.07) is 25.8. The Morgan fingerprint density at radius 3 is 2.21 bits per heavy atom. The Balaban J connectivity index is 1.53. The fourth-order valence-corrected chi connectivity index (χ4v) is 6.01. The van der Waals surface area contributed by atoms with E-state index in [4.69, 9.17) is 5.73 Å². The Hall–Kier alpha value is -3.75. The van der Waals surface area contributed by atoms with Gasteiger partial charge in [0.1, 0.15) is 17.0 Å². The SMILES string of the molecule is Nc1ncnc2sc(Cc3ccccc3)c(-c3ccc(NS(=O)(=O)c4ccccc4)cc3)c12. The van der Waals surface area contributed by atoms with Gasteiger partial charge in [0.15, 0.2) is 0 Å². The van der Waals surface area contributed by atoms with Crippen molar-refractivity contribution in [3.63, 3.8) is 0 Å². The molecule has 0 spiro atoms. The summed E-state index contributed by atoms with van der Waals surface area (Å²) in [5.74, 6) is 0.430. The smallest absolute Gasteiger partial charge is 0.261 e. The molecular weight excluding hydrogens is 452 g/mol. The van der Waals surface area contributed by atoms with E-state index in [2.05, 4.69) is 26.8 Å². The molecule has 0 radical (unpaired) electrons. The highest BCUT2D eigenvalue weighted by molar-refractivity contribution is 7.92. The van der Waals surface area contributed by atoms with Gasteiger partial charge in [-0.25, -0.2) is 18.4 Å². The third kappa shape index (κ3) is 4.30. The Kier molecular flexibility index (Phi) is 5.53. The van der Waals surface area contributed by atoms with Crippen LogP contribution in [-0.2, 0) is 16.4 Å². The molecule has 8 heteroatoms. The number of rotatable bonds is 6. The maximum atomic E-state index is 12.6. The second-order valence-corrected chi connectivity index (χ2v) is 10.3. The first-order valence-corrected chi connectivity index (χ1v) is 12.6. The molecule has 0 unspecified atom stereocenters. The minimum atomic E-state index is -3.66. The van der Waals surface area contributed by atoms with Crippen molar-refractivity contribution >= 4 is 43.1 Å². The lowest BCUT2D eigenvalue weighted by Gasteiger charge is -2.10. The van der Waals surface area contributed by atoms with Crippen LogP contribution in [0.1, 0.15) is 10.4 Å². The molecular formula is C25H20N4O2S2. The van der Waals surface area contributed by atoms with Crippen LogP contribution in [0.2, 0.25) is 0 Å². The van der Waals surface area contributed by atoms with Gasteiger partial charge in [0.25, 0.3) is 10.0 Å². The van der Waals surface area contributed by atoms with E-state index < -0.39 is 10.0 Å². The van der Waals surface area contributed by atoms with Crippen molar-refractivity contribution in [3.8, 4) is 11.1 Å². The highest BCUT2D eigenvalue weighted by Crippen LogP contribution is 2.41. The molecule has 0 fully saturated rings. The number of aromatic nitrogens is 2. The van der Waals surface area contributed by atoms with Gasteiger partial charge in [0.2, 0.25) is 0 Å². The average molecular weight is 473 g/mol. The Morgan fingerprint density at radius 2 is 1.52 bits per heavy atom. The number of fused-ring (bicyclic) bond motifs is 1. The number of hydrogen-bond donors (Lipinski definition) is 2. The predicted octanol–water partition coefficient (Wildman–Crippen LogP) is 5.33. The van der Waals surface area contributed by atoms with Crippen LogP contribution in [0.25, 0.3) is 21.3 Å². The van der Waals surface area contributed by atoms with Crippen molar-refractivity contribution in [1.82, 2.24) is 9.97 Å². The van der Waals surface area contributed by atoms with Crippen molar-refractivity contribution in [3.05, 3.63) is 102 Å². The zero-order valence-electron chi connectivity index (χ0n) is 17.5. The number of anilines is 2. The number of nitrogens with one attached hydrogen (secondary N) is 1. The van der Waals surface area contributed by atoms with Gasteiger partial charge in [-0.15, -0.1) is 11.3 Å². The first kappa shape index (κ1) is 21.1. The highest BCUT2D eigenvalue weighted by atomic mass is 32.2. The van der Waals surface area contributed by atoms with E-state index in [1.807, 2.05) is 30.3 Å². The highest BCUT2D eigenvalue weighted by Gasteiger charge is 2.19. The molecule has 164 valence electrons. The van der Waals surface area contributed by atoms with Crippen molar-refractivity contribution in [2.75, 3.05) is 10.5 Å². The number of sulfonamides is 1. The van der Waals surface area contributed by atoms with Crippen LogP contribution in [0.4, 0.5) is 11.5 Å². The molecule has 3 N–H and O–H groups in total. The van der Waals surface area contributed by atoms with Crippen LogP contribution in [0.3, 0.4) is 0 Å². The fourth-order valence-electron chi connectivity index (χ4n) is 3.73. The zero-order chi connectivity index (χ0) is 22.8. The van der Waals surface area contributed by atoms with E-state index in [0.29, 0.717) is 11.5 Å². The number of benzene rings is 3.